The molecule has 3 nitrogen and oxygen atoms in total. The van der Waals surface area contributed by atoms with Crippen molar-refractivity contribution >= 4 is 5.57 Å². The molecular weight excluding hydrogens is 390 g/mol. The van der Waals surface area contributed by atoms with E-state index in [-0.39, 0.29) is 5.54 Å². The van der Waals surface area contributed by atoms with E-state index in [1.165, 1.54) is 16.7 Å². The Bertz CT molecular complexity index is 1040. The van der Waals surface area contributed by atoms with Gasteiger partial charge < -0.3 is 5.73 Å². The molecule has 0 fully saturated rings. The lowest BCUT2D eigenvalue weighted by Crippen LogP contribution is -2.31. The van der Waals surface area contributed by atoms with Crippen LogP contribution in [-0.2, 0) is 6.42 Å². The number of nitrogens with two attached hydrogens (primary N) is 1. The lowest BCUT2D eigenvalue weighted by Gasteiger charge is -2.20. The molecule has 1 heterocycles. The molecule has 0 radical (unpaired) electrons. The Labute approximate surface area is 194 Å². The van der Waals surface area contributed by atoms with E-state index in [9.17, 15) is 5.26 Å². The zero-order valence-electron chi connectivity index (χ0n) is 20.5. The molecule has 0 bridgehead atoms. The van der Waals surface area contributed by atoms with Gasteiger partial charge in [0.15, 0.2) is 0 Å². The Balaban J connectivity index is 2.61. The molecule has 0 amide bonds. The molecule has 2 aromatic rings. The largest absolute Gasteiger partial charge is 0.325 e. The maximum Gasteiger partial charge on any atom is 0.0991 e. The first-order valence-electron chi connectivity index (χ1n) is 11.4. The van der Waals surface area contributed by atoms with Gasteiger partial charge in [-0.2, -0.15) is 5.26 Å². The zero-order chi connectivity index (χ0) is 23.9. The standard InChI is InChI=1S/C29H37N3/c1-8-20(3)27(12-10-23(9-2)18-29(6,7)31)28-13-11-24(19-30)16-26(28)17-25-14-21(4)32-22(5)15-25/h9-16,20H,2,8,17-18,31H2,1,3-7H3/b23-10+,27-12+. The minimum Gasteiger partial charge on any atom is -0.325 e. The first kappa shape index (κ1) is 25.3. The SMILES string of the molecule is C=C/C(=C\C=C(\c1ccc(C#N)cc1Cc1cc(C)nc(C)c1)C(C)CC)CC(C)(C)N. The van der Waals surface area contributed by atoms with E-state index < -0.39 is 0 Å². The van der Waals surface area contributed by atoms with Gasteiger partial charge in [0.05, 0.1) is 11.6 Å². The van der Waals surface area contributed by atoms with Gasteiger partial charge in [-0.25, -0.2) is 0 Å². The first-order chi connectivity index (χ1) is 15.1. The van der Waals surface area contributed by atoms with Crippen LogP contribution in [-0.4, -0.2) is 10.5 Å². The van der Waals surface area contributed by atoms with E-state index >= 15 is 0 Å². The van der Waals surface area contributed by atoms with Gasteiger partial charge in [-0.05, 0) is 105 Å². The second-order valence-corrected chi connectivity index (χ2v) is 9.46. The molecule has 168 valence electrons. The van der Waals surface area contributed by atoms with Gasteiger partial charge in [-0.3, -0.25) is 4.98 Å². The number of aromatic nitrogens is 1. The summed E-state index contributed by atoms with van der Waals surface area (Å²) in [5, 5.41) is 9.51. The molecule has 1 unspecified atom stereocenters. The van der Waals surface area contributed by atoms with E-state index in [0.717, 1.165) is 41.8 Å². The van der Waals surface area contributed by atoms with Crippen LogP contribution in [0.1, 0.15) is 74.2 Å². The summed E-state index contributed by atoms with van der Waals surface area (Å²) in [5.41, 5.74) is 14.6. The molecule has 1 aromatic heterocycles. The molecule has 1 atom stereocenters. The lowest BCUT2D eigenvalue weighted by atomic mass is 9.85. The number of aryl methyl sites for hydroxylation is 2. The molecule has 3 heteroatoms. The van der Waals surface area contributed by atoms with Gasteiger partial charge in [-0.1, -0.05) is 44.7 Å². The van der Waals surface area contributed by atoms with Crippen LogP contribution in [0.3, 0.4) is 0 Å². The van der Waals surface area contributed by atoms with Crippen molar-refractivity contribution in [2.45, 2.75) is 66.3 Å². The van der Waals surface area contributed by atoms with Crippen LogP contribution in [0.2, 0.25) is 0 Å². The quantitative estimate of drug-likeness (QED) is 0.446. The van der Waals surface area contributed by atoms with Crippen molar-refractivity contribution in [2.24, 2.45) is 11.7 Å². The zero-order valence-corrected chi connectivity index (χ0v) is 20.5. The van der Waals surface area contributed by atoms with Crippen molar-refractivity contribution in [3.63, 3.8) is 0 Å². The maximum absolute atomic E-state index is 9.51. The van der Waals surface area contributed by atoms with Gasteiger partial charge >= 0.3 is 0 Å². The first-order valence-corrected chi connectivity index (χ1v) is 11.4. The third kappa shape index (κ3) is 7.32. The number of hydrogen-bond donors (Lipinski definition) is 1. The molecule has 0 saturated carbocycles. The highest BCUT2D eigenvalue weighted by Crippen LogP contribution is 2.31. The van der Waals surface area contributed by atoms with Crippen LogP contribution in [0, 0.1) is 31.1 Å². The van der Waals surface area contributed by atoms with Gasteiger partial charge in [0.25, 0.3) is 0 Å². The van der Waals surface area contributed by atoms with E-state index in [1.54, 1.807) is 0 Å². The van der Waals surface area contributed by atoms with Crippen LogP contribution in [0.25, 0.3) is 5.57 Å². The van der Waals surface area contributed by atoms with Crippen LogP contribution < -0.4 is 5.73 Å². The Morgan fingerprint density at radius 3 is 2.38 bits per heavy atom. The van der Waals surface area contributed by atoms with Crippen molar-refractivity contribution in [2.75, 3.05) is 0 Å². The molecule has 0 aliphatic rings. The monoisotopic (exact) mass is 427 g/mol. The number of nitrogens with zero attached hydrogens (tertiary/aromatic N) is 2. The van der Waals surface area contributed by atoms with E-state index in [0.29, 0.717) is 11.5 Å². The Hall–Kier alpha value is -2.96. The minimum absolute atomic E-state index is 0.291. The van der Waals surface area contributed by atoms with E-state index in [1.807, 2.05) is 45.9 Å². The molecule has 2 rings (SSSR count). The number of pyridine rings is 1. The molecule has 0 aliphatic heterocycles. The highest BCUT2D eigenvalue weighted by Gasteiger charge is 2.16. The smallest absolute Gasteiger partial charge is 0.0991 e. The molecular formula is C29H37N3. The fourth-order valence-electron chi connectivity index (χ4n) is 4.00. The second-order valence-electron chi connectivity index (χ2n) is 9.46. The molecule has 0 saturated heterocycles. The molecule has 0 aliphatic carbocycles. The molecule has 1 aromatic carbocycles. The Morgan fingerprint density at radius 2 is 1.84 bits per heavy atom. The van der Waals surface area contributed by atoms with E-state index in [4.69, 9.17) is 5.73 Å². The van der Waals surface area contributed by atoms with Crippen LogP contribution in [0.15, 0.2) is 60.7 Å². The summed E-state index contributed by atoms with van der Waals surface area (Å²) in [6.07, 6.45) is 8.80. The number of nitriles is 1. The predicted molar refractivity (Wildman–Crippen MR) is 136 cm³/mol. The van der Waals surface area contributed by atoms with Crippen molar-refractivity contribution in [3.05, 3.63) is 94.4 Å². The van der Waals surface area contributed by atoms with Crippen molar-refractivity contribution < 1.29 is 0 Å². The average Bonchev–Trinajstić information content (AvgIpc) is 2.71. The summed E-state index contributed by atoms with van der Waals surface area (Å²) < 4.78 is 0. The van der Waals surface area contributed by atoms with Crippen LogP contribution >= 0.6 is 0 Å². The summed E-state index contributed by atoms with van der Waals surface area (Å²) in [5.74, 6) is 0.371. The van der Waals surface area contributed by atoms with Crippen LogP contribution in [0.4, 0.5) is 0 Å². The van der Waals surface area contributed by atoms with Gasteiger partial charge in [0.1, 0.15) is 0 Å². The summed E-state index contributed by atoms with van der Waals surface area (Å²) in [4.78, 5) is 4.50. The lowest BCUT2D eigenvalue weighted by molar-refractivity contribution is 0.519. The Morgan fingerprint density at radius 1 is 1.19 bits per heavy atom. The maximum atomic E-state index is 9.51. The summed E-state index contributed by atoms with van der Waals surface area (Å²) in [7, 11) is 0. The van der Waals surface area contributed by atoms with Crippen molar-refractivity contribution in [1.29, 1.82) is 5.26 Å². The average molecular weight is 428 g/mol. The van der Waals surface area contributed by atoms with Gasteiger partial charge in [-0.15, -0.1) is 0 Å². The number of benzene rings is 1. The topological polar surface area (TPSA) is 62.7 Å². The highest BCUT2D eigenvalue weighted by molar-refractivity contribution is 5.72. The van der Waals surface area contributed by atoms with Gasteiger partial charge in [0.2, 0.25) is 0 Å². The number of allylic oxidation sites excluding steroid dienone is 4. The predicted octanol–water partition coefficient (Wildman–Crippen LogP) is 6.83. The summed E-state index contributed by atoms with van der Waals surface area (Å²) >= 11 is 0. The second kappa shape index (κ2) is 11.1. The fourth-order valence-corrected chi connectivity index (χ4v) is 4.00. The fraction of sp³-hybridized carbons (Fsp3) is 0.379. The number of hydrogen-bond acceptors (Lipinski definition) is 3. The summed E-state index contributed by atoms with van der Waals surface area (Å²) in [6, 6.07) is 12.6. The minimum atomic E-state index is -0.291. The van der Waals surface area contributed by atoms with Gasteiger partial charge in [0, 0.05) is 16.9 Å². The number of rotatable bonds is 9. The normalized spacial score (nSPS) is 13.6. The van der Waals surface area contributed by atoms with Crippen molar-refractivity contribution in [1.82, 2.24) is 4.98 Å². The Kier molecular flexibility index (Phi) is 8.75. The van der Waals surface area contributed by atoms with Crippen molar-refractivity contribution in [3.8, 4) is 6.07 Å². The third-order valence-electron chi connectivity index (χ3n) is 5.62. The third-order valence-corrected chi connectivity index (χ3v) is 5.62. The molecule has 2 N–H and O–H groups in total. The van der Waals surface area contributed by atoms with E-state index in [2.05, 4.69) is 61.8 Å². The molecule has 32 heavy (non-hydrogen) atoms. The highest BCUT2D eigenvalue weighted by atomic mass is 14.7. The summed E-state index contributed by atoms with van der Waals surface area (Å²) in [6.45, 7) is 16.5. The molecule has 0 spiro atoms. The van der Waals surface area contributed by atoms with Crippen LogP contribution in [0.5, 0.6) is 0 Å².